The van der Waals surface area contributed by atoms with Crippen molar-refractivity contribution in [3.63, 3.8) is 0 Å². The van der Waals surface area contributed by atoms with Crippen molar-refractivity contribution >= 4 is 15.9 Å². The molecule has 1 unspecified atom stereocenters. The van der Waals surface area contributed by atoms with Gasteiger partial charge in [-0.2, -0.15) is 9.29 Å². The maximum Gasteiger partial charge on any atom is 0.257 e. The second kappa shape index (κ2) is 8.84. The number of carbonyl (C=O) groups excluding carboxylic acids is 1. The van der Waals surface area contributed by atoms with Gasteiger partial charge >= 0.3 is 0 Å². The van der Waals surface area contributed by atoms with E-state index in [4.69, 9.17) is 4.52 Å². The Balaban J connectivity index is 1.40. The van der Waals surface area contributed by atoms with Crippen molar-refractivity contribution in [3.8, 4) is 11.5 Å². The van der Waals surface area contributed by atoms with Gasteiger partial charge in [0.1, 0.15) is 0 Å². The SMILES string of the molecule is Cc1ccc(-c2nc(CC(=O)N3CCN(S(=O)(=O)c4ccc(C)cc4)C(C)C3)no2)cc1. The van der Waals surface area contributed by atoms with Crippen LogP contribution in [-0.2, 0) is 21.2 Å². The summed E-state index contributed by atoms with van der Waals surface area (Å²) in [6.45, 7) is 6.59. The number of hydrogen-bond acceptors (Lipinski definition) is 6. The molecule has 0 bridgehead atoms. The first-order chi connectivity index (χ1) is 15.2. The van der Waals surface area contributed by atoms with Gasteiger partial charge < -0.3 is 9.42 Å². The number of sulfonamides is 1. The smallest absolute Gasteiger partial charge is 0.257 e. The van der Waals surface area contributed by atoms with E-state index in [0.29, 0.717) is 24.8 Å². The molecule has 1 aliphatic heterocycles. The van der Waals surface area contributed by atoms with E-state index in [1.807, 2.05) is 45.0 Å². The lowest BCUT2D eigenvalue weighted by atomic mass is 10.1. The van der Waals surface area contributed by atoms with Gasteiger partial charge in [0.2, 0.25) is 15.9 Å². The molecule has 1 saturated heterocycles. The lowest BCUT2D eigenvalue weighted by Gasteiger charge is -2.38. The molecule has 9 heteroatoms. The maximum absolute atomic E-state index is 13.0. The Morgan fingerprint density at radius 2 is 1.66 bits per heavy atom. The first kappa shape index (κ1) is 22.2. The second-order valence-electron chi connectivity index (χ2n) is 8.18. The van der Waals surface area contributed by atoms with Crippen molar-refractivity contribution in [1.29, 1.82) is 0 Å². The number of hydrogen-bond donors (Lipinski definition) is 0. The third kappa shape index (κ3) is 4.58. The van der Waals surface area contributed by atoms with Crippen LogP contribution in [0.2, 0.25) is 0 Å². The van der Waals surface area contributed by atoms with Gasteiger partial charge in [-0.05, 0) is 45.0 Å². The fraction of sp³-hybridized carbons (Fsp3) is 0.348. The van der Waals surface area contributed by atoms with Gasteiger partial charge in [0, 0.05) is 31.2 Å². The highest BCUT2D eigenvalue weighted by molar-refractivity contribution is 7.89. The number of piperazine rings is 1. The maximum atomic E-state index is 13.0. The summed E-state index contributed by atoms with van der Waals surface area (Å²) in [6, 6.07) is 14.2. The molecule has 1 atom stereocenters. The van der Waals surface area contributed by atoms with Crippen LogP contribution in [0.1, 0.15) is 23.9 Å². The van der Waals surface area contributed by atoms with Crippen LogP contribution >= 0.6 is 0 Å². The van der Waals surface area contributed by atoms with Gasteiger partial charge in [-0.15, -0.1) is 0 Å². The molecule has 1 amide bonds. The van der Waals surface area contributed by atoms with Gasteiger partial charge in [-0.3, -0.25) is 4.79 Å². The van der Waals surface area contributed by atoms with Crippen LogP contribution in [0.15, 0.2) is 57.9 Å². The number of aromatic nitrogens is 2. The summed E-state index contributed by atoms with van der Waals surface area (Å²) in [5.74, 6) is 0.531. The summed E-state index contributed by atoms with van der Waals surface area (Å²) in [6.07, 6.45) is 0.00674. The highest BCUT2D eigenvalue weighted by Crippen LogP contribution is 2.23. The van der Waals surface area contributed by atoms with Crippen LogP contribution in [0.5, 0.6) is 0 Å². The molecule has 0 aliphatic carbocycles. The quantitative estimate of drug-likeness (QED) is 0.588. The average molecular weight is 455 g/mol. The summed E-state index contributed by atoms with van der Waals surface area (Å²) in [5, 5.41) is 3.93. The van der Waals surface area contributed by atoms with E-state index < -0.39 is 10.0 Å². The van der Waals surface area contributed by atoms with Crippen molar-refractivity contribution in [2.24, 2.45) is 0 Å². The van der Waals surface area contributed by atoms with Crippen molar-refractivity contribution in [3.05, 3.63) is 65.5 Å². The number of nitrogens with zero attached hydrogens (tertiary/aromatic N) is 4. The first-order valence-electron chi connectivity index (χ1n) is 10.5. The highest BCUT2D eigenvalue weighted by atomic mass is 32.2. The lowest BCUT2D eigenvalue weighted by Crippen LogP contribution is -2.55. The molecule has 1 fully saturated rings. The largest absolute Gasteiger partial charge is 0.339 e. The Hall–Kier alpha value is -3.04. The highest BCUT2D eigenvalue weighted by Gasteiger charge is 2.35. The van der Waals surface area contributed by atoms with Crippen LogP contribution in [0.25, 0.3) is 11.5 Å². The van der Waals surface area contributed by atoms with E-state index >= 15 is 0 Å². The van der Waals surface area contributed by atoms with E-state index in [9.17, 15) is 13.2 Å². The van der Waals surface area contributed by atoms with Gasteiger partial charge in [-0.25, -0.2) is 8.42 Å². The summed E-state index contributed by atoms with van der Waals surface area (Å²) in [4.78, 5) is 19.1. The third-order valence-corrected chi connectivity index (χ3v) is 7.65. The second-order valence-corrected chi connectivity index (χ2v) is 10.1. The summed E-state index contributed by atoms with van der Waals surface area (Å²) in [5.41, 5.74) is 2.92. The molecule has 0 N–H and O–H groups in total. The molecule has 2 aromatic carbocycles. The molecule has 2 heterocycles. The van der Waals surface area contributed by atoms with Gasteiger partial charge in [-0.1, -0.05) is 40.5 Å². The number of aryl methyl sites for hydroxylation is 2. The predicted octanol–water partition coefficient (Wildman–Crippen LogP) is 2.82. The molecule has 0 radical (unpaired) electrons. The molecule has 1 aliphatic rings. The standard InChI is InChI=1S/C23H26N4O4S/c1-16-4-8-19(9-5-16)23-24-21(25-31-23)14-22(28)26-12-13-27(18(3)15-26)32(29,30)20-10-6-17(2)7-11-20/h4-11,18H,12-15H2,1-3H3. The fourth-order valence-corrected chi connectivity index (χ4v) is 5.37. The van der Waals surface area contributed by atoms with Gasteiger partial charge in [0.25, 0.3) is 5.89 Å². The van der Waals surface area contributed by atoms with Crippen LogP contribution in [0, 0.1) is 13.8 Å². The van der Waals surface area contributed by atoms with E-state index in [2.05, 4.69) is 10.1 Å². The summed E-state index contributed by atoms with van der Waals surface area (Å²) >= 11 is 0. The monoisotopic (exact) mass is 454 g/mol. The van der Waals surface area contributed by atoms with E-state index in [0.717, 1.165) is 16.7 Å². The van der Waals surface area contributed by atoms with Crippen molar-refractivity contribution in [1.82, 2.24) is 19.3 Å². The zero-order valence-electron chi connectivity index (χ0n) is 18.4. The lowest BCUT2D eigenvalue weighted by molar-refractivity contribution is -0.132. The van der Waals surface area contributed by atoms with Crippen molar-refractivity contribution in [2.45, 2.75) is 38.1 Å². The van der Waals surface area contributed by atoms with Crippen molar-refractivity contribution < 1.29 is 17.7 Å². The molecule has 0 saturated carbocycles. The molecule has 32 heavy (non-hydrogen) atoms. The third-order valence-electron chi connectivity index (χ3n) is 5.62. The Kier molecular flexibility index (Phi) is 6.12. The molecule has 1 aromatic heterocycles. The number of amides is 1. The van der Waals surface area contributed by atoms with E-state index in [1.54, 1.807) is 29.2 Å². The fourth-order valence-electron chi connectivity index (χ4n) is 3.76. The zero-order chi connectivity index (χ0) is 22.9. The number of rotatable bonds is 5. The summed E-state index contributed by atoms with van der Waals surface area (Å²) in [7, 11) is -3.61. The topological polar surface area (TPSA) is 96.6 Å². The van der Waals surface area contributed by atoms with Gasteiger partial charge in [0.05, 0.1) is 11.3 Å². The average Bonchev–Trinajstić information content (AvgIpc) is 3.22. The minimum Gasteiger partial charge on any atom is -0.339 e. The van der Waals surface area contributed by atoms with Crippen molar-refractivity contribution in [2.75, 3.05) is 19.6 Å². The van der Waals surface area contributed by atoms with Crippen LogP contribution in [0.4, 0.5) is 0 Å². The Bertz CT molecular complexity index is 1200. The van der Waals surface area contributed by atoms with E-state index in [-0.39, 0.29) is 29.8 Å². The normalized spacial score (nSPS) is 17.5. The molecule has 4 rings (SSSR count). The minimum atomic E-state index is -3.61. The Morgan fingerprint density at radius 1 is 1.03 bits per heavy atom. The molecular formula is C23H26N4O4S. The van der Waals surface area contributed by atoms with Crippen LogP contribution < -0.4 is 0 Å². The predicted molar refractivity (Wildman–Crippen MR) is 119 cm³/mol. The number of benzene rings is 2. The zero-order valence-corrected chi connectivity index (χ0v) is 19.2. The van der Waals surface area contributed by atoms with Crippen LogP contribution in [0.3, 0.4) is 0 Å². The molecule has 0 spiro atoms. The van der Waals surface area contributed by atoms with Gasteiger partial charge in [0.15, 0.2) is 5.82 Å². The van der Waals surface area contributed by atoms with Crippen LogP contribution in [-0.4, -0.2) is 59.3 Å². The summed E-state index contributed by atoms with van der Waals surface area (Å²) < 4.78 is 32.8. The molecule has 168 valence electrons. The minimum absolute atomic E-state index is 0.00674. The Labute approximate surface area is 187 Å². The molecular weight excluding hydrogens is 428 g/mol. The Morgan fingerprint density at radius 3 is 2.28 bits per heavy atom. The molecule has 3 aromatic rings. The molecule has 8 nitrogen and oxygen atoms in total. The first-order valence-corrected chi connectivity index (χ1v) is 11.9. The number of carbonyl (C=O) groups is 1. The van der Waals surface area contributed by atoms with E-state index in [1.165, 1.54) is 4.31 Å².